The normalized spacial score (nSPS) is 33.9. The highest BCUT2D eigenvalue weighted by molar-refractivity contribution is 5.85. The Morgan fingerprint density at radius 1 is 1.38 bits per heavy atom. The van der Waals surface area contributed by atoms with Gasteiger partial charge in [-0.3, -0.25) is 4.79 Å². The van der Waals surface area contributed by atoms with Crippen molar-refractivity contribution in [2.45, 2.75) is 51.6 Å². The van der Waals surface area contributed by atoms with Gasteiger partial charge < -0.3 is 10.2 Å². The first-order chi connectivity index (χ1) is 7.18. The molecule has 3 atom stereocenters. The molecule has 94 valence electrons. The third-order valence-corrected chi connectivity index (χ3v) is 4.04. The zero-order chi connectivity index (χ0) is 10.8. The highest BCUT2D eigenvalue weighted by atomic mass is 35.5. The first-order valence-corrected chi connectivity index (χ1v) is 6.21. The molecule has 3 nitrogen and oxygen atoms in total. The second-order valence-electron chi connectivity index (χ2n) is 5.09. The molecule has 1 amide bonds. The predicted molar refractivity (Wildman–Crippen MR) is 67.8 cm³/mol. The minimum Gasteiger partial charge on any atom is -0.340 e. The molecule has 0 spiro atoms. The van der Waals surface area contributed by atoms with E-state index in [4.69, 9.17) is 0 Å². The molecule has 0 saturated carbocycles. The van der Waals surface area contributed by atoms with Crippen LogP contribution in [0.4, 0.5) is 0 Å². The molecule has 2 saturated heterocycles. The van der Waals surface area contributed by atoms with Crippen LogP contribution in [-0.2, 0) is 4.79 Å². The minimum atomic E-state index is 0. The third-order valence-electron chi connectivity index (χ3n) is 4.04. The fraction of sp³-hybridized carbons (Fsp3) is 0.917. The Morgan fingerprint density at radius 2 is 2.12 bits per heavy atom. The Balaban J connectivity index is 0.00000128. The summed E-state index contributed by atoms with van der Waals surface area (Å²) in [6.45, 7) is 6.47. The summed E-state index contributed by atoms with van der Waals surface area (Å²) in [5.41, 5.74) is 0. The van der Waals surface area contributed by atoms with Crippen LogP contribution in [0.1, 0.15) is 39.5 Å². The number of carbonyl (C=O) groups excluding carboxylic acids is 1. The highest BCUT2D eigenvalue weighted by Gasteiger charge is 2.32. The Kier molecular flexibility index (Phi) is 5.06. The van der Waals surface area contributed by atoms with Gasteiger partial charge in [-0.2, -0.15) is 0 Å². The lowest BCUT2D eigenvalue weighted by Crippen LogP contribution is -2.38. The number of halogens is 1. The molecule has 16 heavy (non-hydrogen) atoms. The average Bonchev–Trinajstić information content (AvgIpc) is 2.79. The van der Waals surface area contributed by atoms with Crippen LogP contribution in [0, 0.1) is 5.92 Å². The molecule has 2 fully saturated rings. The van der Waals surface area contributed by atoms with Crippen LogP contribution in [0.15, 0.2) is 0 Å². The number of hydrogen-bond donors (Lipinski definition) is 1. The standard InChI is InChI=1S/C12H22N2O.ClH/c1-9-5-7-14(10(9)2)12(15)8-11-4-3-6-13-11;/h9-11,13H,3-8H2,1-2H3;1H. The first kappa shape index (κ1) is 13.8. The minimum absolute atomic E-state index is 0. The van der Waals surface area contributed by atoms with Crippen molar-refractivity contribution < 1.29 is 4.79 Å². The van der Waals surface area contributed by atoms with Crippen LogP contribution in [0.25, 0.3) is 0 Å². The summed E-state index contributed by atoms with van der Waals surface area (Å²) in [4.78, 5) is 14.1. The van der Waals surface area contributed by atoms with E-state index in [1.54, 1.807) is 0 Å². The van der Waals surface area contributed by atoms with E-state index < -0.39 is 0 Å². The van der Waals surface area contributed by atoms with Crippen molar-refractivity contribution in [3.8, 4) is 0 Å². The third kappa shape index (κ3) is 2.89. The second kappa shape index (κ2) is 5.87. The molecule has 4 heteroatoms. The molecule has 2 heterocycles. The van der Waals surface area contributed by atoms with Crippen molar-refractivity contribution in [1.82, 2.24) is 10.2 Å². The second-order valence-corrected chi connectivity index (χ2v) is 5.09. The smallest absolute Gasteiger partial charge is 0.224 e. The Hall–Kier alpha value is -0.280. The summed E-state index contributed by atoms with van der Waals surface area (Å²) >= 11 is 0. The van der Waals surface area contributed by atoms with Crippen LogP contribution in [0.5, 0.6) is 0 Å². The average molecular weight is 247 g/mol. The van der Waals surface area contributed by atoms with Gasteiger partial charge in [-0.1, -0.05) is 6.92 Å². The molecule has 0 aromatic heterocycles. The number of nitrogens with one attached hydrogen (secondary N) is 1. The summed E-state index contributed by atoms with van der Waals surface area (Å²) in [5.74, 6) is 1.02. The Morgan fingerprint density at radius 3 is 2.62 bits per heavy atom. The largest absolute Gasteiger partial charge is 0.340 e. The molecule has 0 aromatic carbocycles. The van der Waals surface area contributed by atoms with Crippen molar-refractivity contribution in [1.29, 1.82) is 0 Å². The zero-order valence-electron chi connectivity index (χ0n) is 10.2. The van der Waals surface area contributed by atoms with Gasteiger partial charge in [0, 0.05) is 25.0 Å². The number of likely N-dealkylation sites (tertiary alicyclic amines) is 1. The summed E-state index contributed by atoms with van der Waals surface area (Å²) in [6, 6.07) is 0.888. The summed E-state index contributed by atoms with van der Waals surface area (Å²) in [7, 11) is 0. The molecule has 0 bridgehead atoms. The van der Waals surface area contributed by atoms with E-state index in [1.807, 2.05) is 0 Å². The summed E-state index contributed by atoms with van der Waals surface area (Å²) in [5, 5.41) is 3.39. The molecule has 3 unspecified atom stereocenters. The van der Waals surface area contributed by atoms with Crippen molar-refractivity contribution in [3.63, 3.8) is 0 Å². The number of hydrogen-bond acceptors (Lipinski definition) is 2. The van der Waals surface area contributed by atoms with Crippen LogP contribution in [0.3, 0.4) is 0 Å². The lowest BCUT2D eigenvalue weighted by molar-refractivity contribution is -0.132. The molecule has 0 radical (unpaired) electrons. The fourth-order valence-electron chi connectivity index (χ4n) is 2.71. The monoisotopic (exact) mass is 246 g/mol. The van der Waals surface area contributed by atoms with Crippen LogP contribution in [-0.4, -0.2) is 36.0 Å². The van der Waals surface area contributed by atoms with Crippen molar-refractivity contribution in [3.05, 3.63) is 0 Å². The van der Waals surface area contributed by atoms with Gasteiger partial charge in [0.2, 0.25) is 5.91 Å². The maximum atomic E-state index is 12.0. The van der Waals surface area contributed by atoms with Gasteiger partial charge in [-0.15, -0.1) is 12.4 Å². The van der Waals surface area contributed by atoms with Crippen molar-refractivity contribution >= 4 is 18.3 Å². The number of amides is 1. The van der Waals surface area contributed by atoms with E-state index in [9.17, 15) is 4.79 Å². The first-order valence-electron chi connectivity index (χ1n) is 6.21. The van der Waals surface area contributed by atoms with E-state index in [0.29, 0.717) is 30.3 Å². The zero-order valence-corrected chi connectivity index (χ0v) is 11.1. The van der Waals surface area contributed by atoms with E-state index in [2.05, 4.69) is 24.1 Å². The molecule has 1 N–H and O–H groups in total. The lowest BCUT2D eigenvalue weighted by Gasteiger charge is -2.24. The Bertz CT molecular complexity index is 241. The van der Waals surface area contributed by atoms with Crippen LogP contribution in [0.2, 0.25) is 0 Å². The highest BCUT2D eigenvalue weighted by Crippen LogP contribution is 2.24. The van der Waals surface area contributed by atoms with E-state index in [-0.39, 0.29) is 12.4 Å². The topological polar surface area (TPSA) is 32.3 Å². The van der Waals surface area contributed by atoms with E-state index >= 15 is 0 Å². The van der Waals surface area contributed by atoms with Crippen LogP contribution >= 0.6 is 12.4 Å². The van der Waals surface area contributed by atoms with E-state index in [1.165, 1.54) is 19.3 Å². The maximum Gasteiger partial charge on any atom is 0.224 e. The van der Waals surface area contributed by atoms with Gasteiger partial charge in [0.1, 0.15) is 0 Å². The van der Waals surface area contributed by atoms with Gasteiger partial charge in [0.05, 0.1) is 0 Å². The molecule has 0 aliphatic carbocycles. The molecular formula is C12H23ClN2O. The van der Waals surface area contributed by atoms with Gasteiger partial charge >= 0.3 is 0 Å². The van der Waals surface area contributed by atoms with Gasteiger partial charge in [-0.25, -0.2) is 0 Å². The SMILES string of the molecule is CC1CCN(C(=O)CC2CCCN2)C1C.Cl. The van der Waals surface area contributed by atoms with Crippen molar-refractivity contribution in [2.24, 2.45) is 5.92 Å². The van der Waals surface area contributed by atoms with Crippen molar-refractivity contribution in [2.75, 3.05) is 13.1 Å². The molecule has 0 aromatic rings. The maximum absolute atomic E-state index is 12.0. The number of rotatable bonds is 2. The van der Waals surface area contributed by atoms with Gasteiger partial charge in [-0.05, 0) is 38.6 Å². The lowest BCUT2D eigenvalue weighted by atomic mass is 10.0. The molecular weight excluding hydrogens is 224 g/mol. The van der Waals surface area contributed by atoms with Gasteiger partial charge in [0.25, 0.3) is 0 Å². The molecule has 2 rings (SSSR count). The fourth-order valence-corrected chi connectivity index (χ4v) is 2.71. The quantitative estimate of drug-likeness (QED) is 0.806. The summed E-state index contributed by atoms with van der Waals surface area (Å²) < 4.78 is 0. The van der Waals surface area contributed by atoms with E-state index in [0.717, 1.165) is 13.1 Å². The molecule has 2 aliphatic rings. The predicted octanol–water partition coefficient (Wildman–Crippen LogP) is 1.81. The number of nitrogens with zero attached hydrogens (tertiary/aromatic N) is 1. The Labute approximate surface area is 104 Å². The molecule has 2 aliphatic heterocycles. The van der Waals surface area contributed by atoms with Gasteiger partial charge in [0.15, 0.2) is 0 Å². The summed E-state index contributed by atoms with van der Waals surface area (Å²) in [6.07, 6.45) is 4.27. The number of carbonyl (C=O) groups is 1. The van der Waals surface area contributed by atoms with Crippen LogP contribution < -0.4 is 5.32 Å².